The van der Waals surface area contributed by atoms with Crippen LogP contribution in [0.4, 0.5) is 5.88 Å². The minimum atomic E-state index is -4.50. The first-order chi connectivity index (χ1) is 15.8. The van der Waals surface area contributed by atoms with Gasteiger partial charge in [-0.15, -0.1) is 0 Å². The maximum atomic E-state index is 13.3. The van der Waals surface area contributed by atoms with E-state index in [0.717, 1.165) is 12.1 Å². The molecule has 0 spiro atoms. The second-order valence-electron chi connectivity index (χ2n) is 7.09. The topological polar surface area (TPSA) is 131 Å². The largest absolute Gasteiger partial charge is 0.433 e. The molecule has 0 aliphatic carbocycles. The molecule has 0 radical (unpaired) electrons. The van der Waals surface area contributed by atoms with E-state index in [2.05, 4.69) is 0 Å². The Morgan fingerprint density at radius 3 is 1.73 bits per heavy atom. The normalized spacial score (nSPS) is 15.6. The number of carbonyl (C=O) groups excluding carboxylic acids is 2. The molecule has 0 saturated carbocycles. The number of hydrogen-bond acceptors (Lipinski definition) is 7. The van der Waals surface area contributed by atoms with Gasteiger partial charge in [0, 0.05) is 0 Å². The smallest absolute Gasteiger partial charge is 0.401 e. The molecule has 2 heterocycles. The predicted octanol–water partition coefficient (Wildman–Crippen LogP) is 2.89. The molecule has 1 aromatic heterocycles. The van der Waals surface area contributed by atoms with E-state index in [9.17, 15) is 28.1 Å². The van der Waals surface area contributed by atoms with Crippen LogP contribution < -0.4 is 0 Å². The van der Waals surface area contributed by atoms with Crippen molar-refractivity contribution in [1.29, 1.82) is 0 Å². The highest BCUT2D eigenvalue weighted by atomic mass is 32.2. The van der Waals surface area contributed by atoms with Gasteiger partial charge in [-0.2, -0.15) is 8.42 Å². The number of benzene rings is 2. The SMILES string of the molecule is O=C1C(=Cc2ccc([N+](=O)[O-])o2)C(=O)N(Cc2ccccc2)S(=O)(=O)N1Cc1ccccc1. The van der Waals surface area contributed by atoms with Gasteiger partial charge in [0.05, 0.1) is 19.2 Å². The lowest BCUT2D eigenvalue weighted by Gasteiger charge is -2.35. The fourth-order valence-corrected chi connectivity index (χ4v) is 4.76. The van der Waals surface area contributed by atoms with Crippen LogP contribution in [0.2, 0.25) is 0 Å². The van der Waals surface area contributed by atoms with Crippen LogP contribution in [0, 0.1) is 10.1 Å². The van der Waals surface area contributed by atoms with E-state index in [1.165, 1.54) is 6.07 Å². The minimum absolute atomic E-state index is 0.128. The molecule has 3 aromatic rings. The van der Waals surface area contributed by atoms with E-state index in [1.54, 1.807) is 60.7 Å². The molecular weight excluding hydrogens is 450 g/mol. The molecule has 1 aliphatic heterocycles. The van der Waals surface area contributed by atoms with Gasteiger partial charge in [-0.3, -0.25) is 19.7 Å². The number of hydrogen-bond donors (Lipinski definition) is 0. The summed E-state index contributed by atoms with van der Waals surface area (Å²) in [7, 11) is -4.50. The molecule has 1 aliphatic rings. The summed E-state index contributed by atoms with van der Waals surface area (Å²) in [4.78, 5) is 36.4. The van der Waals surface area contributed by atoms with E-state index in [4.69, 9.17) is 4.42 Å². The van der Waals surface area contributed by atoms with E-state index >= 15 is 0 Å². The van der Waals surface area contributed by atoms with Crippen LogP contribution in [0.5, 0.6) is 0 Å². The van der Waals surface area contributed by atoms with Crippen LogP contribution in [-0.2, 0) is 32.9 Å². The Morgan fingerprint density at radius 1 is 0.818 bits per heavy atom. The summed E-state index contributed by atoms with van der Waals surface area (Å²) >= 11 is 0. The summed E-state index contributed by atoms with van der Waals surface area (Å²) in [5, 5.41) is 10.9. The quantitative estimate of drug-likeness (QED) is 0.236. The number of nitrogens with zero attached hydrogens (tertiary/aromatic N) is 3. The Balaban J connectivity index is 1.78. The minimum Gasteiger partial charge on any atom is -0.401 e. The van der Waals surface area contributed by atoms with Crippen molar-refractivity contribution in [3.05, 3.63) is 105 Å². The molecule has 33 heavy (non-hydrogen) atoms. The first-order valence-corrected chi connectivity index (χ1v) is 11.1. The molecule has 1 fully saturated rings. The molecule has 11 heteroatoms. The molecule has 10 nitrogen and oxygen atoms in total. The summed E-state index contributed by atoms with van der Waals surface area (Å²) in [5.74, 6) is -2.80. The van der Waals surface area contributed by atoms with Gasteiger partial charge in [0.1, 0.15) is 16.3 Å². The summed E-state index contributed by atoms with van der Waals surface area (Å²) in [5.41, 5.74) is 0.591. The second kappa shape index (κ2) is 8.71. The van der Waals surface area contributed by atoms with Crippen molar-refractivity contribution in [3.63, 3.8) is 0 Å². The Kier molecular flexibility index (Phi) is 5.80. The Morgan fingerprint density at radius 2 is 1.30 bits per heavy atom. The van der Waals surface area contributed by atoms with E-state index < -0.39 is 38.4 Å². The molecule has 0 unspecified atom stereocenters. The lowest BCUT2D eigenvalue weighted by Crippen LogP contribution is -2.55. The highest BCUT2D eigenvalue weighted by molar-refractivity contribution is 7.88. The first kappa shape index (κ1) is 22.0. The van der Waals surface area contributed by atoms with Crippen molar-refractivity contribution < 1.29 is 27.3 Å². The average molecular weight is 467 g/mol. The predicted molar refractivity (Wildman–Crippen MR) is 116 cm³/mol. The lowest BCUT2D eigenvalue weighted by atomic mass is 10.1. The van der Waals surface area contributed by atoms with Crippen LogP contribution in [-0.4, -0.2) is 33.8 Å². The highest BCUT2D eigenvalue weighted by Crippen LogP contribution is 2.29. The van der Waals surface area contributed by atoms with Gasteiger partial charge < -0.3 is 4.42 Å². The van der Waals surface area contributed by atoms with Crippen molar-refractivity contribution in [1.82, 2.24) is 8.61 Å². The second-order valence-corrected chi connectivity index (χ2v) is 8.87. The number of nitro groups is 1. The highest BCUT2D eigenvalue weighted by Gasteiger charge is 2.46. The van der Waals surface area contributed by atoms with Crippen LogP contribution in [0.25, 0.3) is 6.08 Å². The van der Waals surface area contributed by atoms with E-state index in [0.29, 0.717) is 19.7 Å². The zero-order valence-electron chi connectivity index (χ0n) is 17.0. The molecule has 0 N–H and O–H groups in total. The Hall–Kier alpha value is -4.25. The number of carbonyl (C=O) groups is 2. The number of furan rings is 1. The van der Waals surface area contributed by atoms with Crippen LogP contribution in [0.1, 0.15) is 16.9 Å². The number of rotatable bonds is 6. The molecule has 2 aromatic carbocycles. The molecule has 0 bridgehead atoms. The van der Waals surface area contributed by atoms with Gasteiger partial charge in [0.15, 0.2) is 0 Å². The Labute approximate surface area is 188 Å². The third-order valence-corrected chi connectivity index (χ3v) is 6.59. The zero-order valence-corrected chi connectivity index (χ0v) is 17.8. The first-order valence-electron chi connectivity index (χ1n) is 9.70. The van der Waals surface area contributed by atoms with Crippen molar-refractivity contribution in [2.24, 2.45) is 0 Å². The van der Waals surface area contributed by atoms with Gasteiger partial charge in [-0.05, 0) is 23.3 Å². The van der Waals surface area contributed by atoms with Gasteiger partial charge in [-0.1, -0.05) is 60.7 Å². The Bertz CT molecular complexity index is 1280. The van der Waals surface area contributed by atoms with Crippen molar-refractivity contribution in [2.75, 3.05) is 0 Å². The van der Waals surface area contributed by atoms with E-state index in [-0.39, 0.29) is 18.8 Å². The molecule has 1 saturated heterocycles. The molecule has 2 amide bonds. The van der Waals surface area contributed by atoms with Crippen molar-refractivity contribution in [3.8, 4) is 0 Å². The fraction of sp³-hybridized carbons (Fsp3) is 0.0909. The third kappa shape index (κ3) is 4.39. The molecule has 168 valence electrons. The summed E-state index contributed by atoms with van der Waals surface area (Å²) in [6.07, 6.45) is 1.02. The molecular formula is C22H17N3O7S. The molecule has 0 atom stereocenters. The van der Waals surface area contributed by atoms with Crippen LogP contribution in [0.3, 0.4) is 0 Å². The van der Waals surface area contributed by atoms with Gasteiger partial charge >= 0.3 is 16.1 Å². The standard InChI is InChI=1S/C22H17N3O7S/c26-21-19(13-18-11-12-20(32-18)25(28)29)22(27)24(15-17-9-5-2-6-10-17)33(30,31)23(21)14-16-7-3-1-4-8-16/h1-13H,14-15H2. The maximum absolute atomic E-state index is 13.3. The van der Waals surface area contributed by atoms with Crippen LogP contribution >= 0.6 is 0 Å². The van der Waals surface area contributed by atoms with Crippen molar-refractivity contribution in [2.45, 2.75) is 13.1 Å². The monoisotopic (exact) mass is 467 g/mol. The summed E-state index contributed by atoms with van der Waals surface area (Å²) < 4.78 is 32.9. The lowest BCUT2D eigenvalue weighted by molar-refractivity contribution is -0.402. The average Bonchev–Trinajstić information content (AvgIpc) is 3.28. The molecule has 4 rings (SSSR count). The van der Waals surface area contributed by atoms with Gasteiger partial charge in [0.2, 0.25) is 0 Å². The summed E-state index contributed by atoms with van der Waals surface area (Å²) in [6, 6.07) is 19.2. The van der Waals surface area contributed by atoms with E-state index in [1.807, 2.05) is 0 Å². The maximum Gasteiger partial charge on any atom is 0.433 e. The van der Waals surface area contributed by atoms with Crippen molar-refractivity contribution >= 4 is 34.0 Å². The number of amides is 2. The van der Waals surface area contributed by atoms with Crippen LogP contribution in [0.15, 0.2) is 82.8 Å². The zero-order chi connectivity index (χ0) is 23.6. The summed E-state index contributed by atoms with van der Waals surface area (Å²) in [6.45, 7) is -0.591. The third-order valence-electron chi connectivity index (χ3n) is 4.89. The van der Waals surface area contributed by atoms with Gasteiger partial charge in [-0.25, -0.2) is 8.61 Å². The fourth-order valence-electron chi connectivity index (χ4n) is 3.28. The van der Waals surface area contributed by atoms with Gasteiger partial charge in [0.25, 0.3) is 11.8 Å².